The first-order valence-electron chi connectivity index (χ1n) is 7.33. The fraction of sp³-hybridized carbons (Fsp3) is 0.333. The van der Waals surface area contributed by atoms with Crippen LogP contribution >= 0.6 is 0 Å². The van der Waals surface area contributed by atoms with Crippen LogP contribution in [-0.4, -0.2) is 11.7 Å². The lowest BCUT2D eigenvalue weighted by Gasteiger charge is -2.19. The molecule has 0 bridgehead atoms. The molecule has 0 aliphatic carbocycles. The van der Waals surface area contributed by atoms with Gasteiger partial charge >= 0.3 is 0 Å². The summed E-state index contributed by atoms with van der Waals surface area (Å²) in [5.74, 6) is 0.332. The maximum Gasteiger partial charge on any atom is 0.115 e. The molecule has 0 saturated carbocycles. The standard InChI is InChI=1S/C18H23NO/c1-3-14-8-10-16(11-9-14)18(19-4-2)13-15-6-5-7-17(20)12-15/h5-12,18-20H,3-4,13H2,1-2H3. The average Bonchev–Trinajstić information content (AvgIpc) is 2.47. The minimum atomic E-state index is 0.285. The fourth-order valence-corrected chi connectivity index (χ4v) is 2.46. The van der Waals surface area contributed by atoms with Crippen molar-refractivity contribution in [1.82, 2.24) is 5.32 Å². The Morgan fingerprint density at radius 1 is 1.00 bits per heavy atom. The van der Waals surface area contributed by atoms with E-state index in [9.17, 15) is 5.11 Å². The Bertz CT molecular complexity index is 533. The first-order chi connectivity index (χ1) is 9.72. The lowest BCUT2D eigenvalue weighted by molar-refractivity contribution is 0.473. The third-order valence-corrected chi connectivity index (χ3v) is 3.59. The number of nitrogens with one attached hydrogen (secondary N) is 1. The molecule has 2 aromatic rings. The molecular weight excluding hydrogens is 246 g/mol. The lowest BCUT2D eigenvalue weighted by atomic mass is 9.97. The van der Waals surface area contributed by atoms with E-state index < -0.39 is 0 Å². The highest BCUT2D eigenvalue weighted by Crippen LogP contribution is 2.21. The number of aromatic hydroxyl groups is 1. The largest absolute Gasteiger partial charge is 0.508 e. The normalized spacial score (nSPS) is 12.3. The van der Waals surface area contributed by atoms with Gasteiger partial charge in [0.25, 0.3) is 0 Å². The lowest BCUT2D eigenvalue weighted by Crippen LogP contribution is -2.22. The topological polar surface area (TPSA) is 32.3 Å². The summed E-state index contributed by atoms with van der Waals surface area (Å²) in [6, 6.07) is 16.6. The fourth-order valence-electron chi connectivity index (χ4n) is 2.46. The first kappa shape index (κ1) is 14.6. The molecule has 0 radical (unpaired) electrons. The molecule has 20 heavy (non-hydrogen) atoms. The summed E-state index contributed by atoms with van der Waals surface area (Å²) in [4.78, 5) is 0. The minimum Gasteiger partial charge on any atom is -0.508 e. The van der Waals surface area contributed by atoms with Crippen LogP contribution < -0.4 is 5.32 Å². The van der Waals surface area contributed by atoms with Gasteiger partial charge in [0.2, 0.25) is 0 Å². The van der Waals surface area contributed by atoms with E-state index in [0.29, 0.717) is 5.75 Å². The molecule has 2 heteroatoms. The van der Waals surface area contributed by atoms with Crippen LogP contribution in [0.1, 0.15) is 36.6 Å². The van der Waals surface area contributed by atoms with Crippen molar-refractivity contribution in [3.8, 4) is 5.75 Å². The van der Waals surface area contributed by atoms with Gasteiger partial charge in [0.1, 0.15) is 5.75 Å². The Morgan fingerprint density at radius 3 is 2.35 bits per heavy atom. The van der Waals surface area contributed by atoms with Crippen LogP contribution in [0.15, 0.2) is 48.5 Å². The first-order valence-corrected chi connectivity index (χ1v) is 7.33. The molecule has 106 valence electrons. The molecule has 2 aromatic carbocycles. The van der Waals surface area contributed by atoms with Crippen molar-refractivity contribution >= 4 is 0 Å². The molecule has 2 nitrogen and oxygen atoms in total. The highest BCUT2D eigenvalue weighted by Gasteiger charge is 2.11. The SMILES string of the molecule is CCNC(Cc1cccc(O)c1)c1ccc(CC)cc1. The van der Waals surface area contributed by atoms with Gasteiger partial charge in [-0.05, 0) is 48.2 Å². The third kappa shape index (κ3) is 3.84. The van der Waals surface area contributed by atoms with Gasteiger partial charge in [-0.2, -0.15) is 0 Å². The summed E-state index contributed by atoms with van der Waals surface area (Å²) >= 11 is 0. The van der Waals surface area contributed by atoms with Crippen molar-refractivity contribution < 1.29 is 5.11 Å². The van der Waals surface area contributed by atoms with Crippen LogP contribution in [0.4, 0.5) is 0 Å². The zero-order chi connectivity index (χ0) is 14.4. The molecule has 0 aliphatic heterocycles. The molecule has 0 amide bonds. The average molecular weight is 269 g/mol. The quantitative estimate of drug-likeness (QED) is 0.835. The van der Waals surface area contributed by atoms with E-state index in [1.807, 2.05) is 12.1 Å². The monoisotopic (exact) mass is 269 g/mol. The summed E-state index contributed by atoms with van der Waals surface area (Å²) in [7, 11) is 0. The molecule has 1 unspecified atom stereocenters. The second-order valence-electron chi connectivity index (χ2n) is 5.08. The predicted octanol–water partition coefficient (Wildman–Crippen LogP) is 3.85. The van der Waals surface area contributed by atoms with Crippen molar-refractivity contribution in [2.45, 2.75) is 32.7 Å². The number of benzene rings is 2. The van der Waals surface area contributed by atoms with E-state index in [2.05, 4.69) is 49.5 Å². The number of hydrogen-bond acceptors (Lipinski definition) is 2. The highest BCUT2D eigenvalue weighted by atomic mass is 16.3. The van der Waals surface area contributed by atoms with Crippen LogP contribution in [0.3, 0.4) is 0 Å². The van der Waals surface area contributed by atoms with Crippen LogP contribution in [-0.2, 0) is 12.8 Å². The molecule has 0 heterocycles. The Balaban J connectivity index is 2.17. The molecule has 0 aliphatic rings. The van der Waals surface area contributed by atoms with Crippen LogP contribution in [0.2, 0.25) is 0 Å². The molecule has 0 spiro atoms. The van der Waals surface area contributed by atoms with Gasteiger partial charge in [-0.3, -0.25) is 0 Å². The van der Waals surface area contributed by atoms with Crippen molar-refractivity contribution in [3.63, 3.8) is 0 Å². The van der Waals surface area contributed by atoms with Gasteiger partial charge in [-0.25, -0.2) is 0 Å². The number of hydrogen-bond donors (Lipinski definition) is 2. The van der Waals surface area contributed by atoms with Gasteiger partial charge in [0.15, 0.2) is 0 Å². The number of rotatable bonds is 6. The van der Waals surface area contributed by atoms with E-state index >= 15 is 0 Å². The van der Waals surface area contributed by atoms with Crippen LogP contribution in [0.25, 0.3) is 0 Å². The smallest absolute Gasteiger partial charge is 0.115 e. The molecule has 2 rings (SSSR count). The van der Waals surface area contributed by atoms with E-state index in [4.69, 9.17) is 0 Å². The van der Waals surface area contributed by atoms with Gasteiger partial charge in [-0.15, -0.1) is 0 Å². The van der Waals surface area contributed by atoms with Gasteiger partial charge in [-0.1, -0.05) is 50.2 Å². The number of phenols is 1. The summed E-state index contributed by atoms with van der Waals surface area (Å²) in [5.41, 5.74) is 3.81. The van der Waals surface area contributed by atoms with Crippen molar-refractivity contribution in [2.24, 2.45) is 0 Å². The second kappa shape index (κ2) is 7.11. The highest BCUT2D eigenvalue weighted by molar-refractivity contribution is 5.31. The predicted molar refractivity (Wildman–Crippen MR) is 84.0 cm³/mol. The summed E-state index contributed by atoms with van der Waals surface area (Å²) in [6.07, 6.45) is 1.95. The zero-order valence-electron chi connectivity index (χ0n) is 12.3. The molecule has 0 saturated heterocycles. The zero-order valence-corrected chi connectivity index (χ0v) is 12.3. The molecule has 2 N–H and O–H groups in total. The van der Waals surface area contributed by atoms with E-state index in [1.54, 1.807) is 6.07 Å². The number of aryl methyl sites for hydroxylation is 1. The maximum absolute atomic E-state index is 9.57. The minimum absolute atomic E-state index is 0.285. The maximum atomic E-state index is 9.57. The van der Waals surface area contributed by atoms with E-state index in [1.165, 1.54) is 11.1 Å². The second-order valence-corrected chi connectivity index (χ2v) is 5.08. The van der Waals surface area contributed by atoms with Crippen LogP contribution in [0.5, 0.6) is 5.75 Å². The van der Waals surface area contributed by atoms with Crippen molar-refractivity contribution in [1.29, 1.82) is 0 Å². The number of likely N-dealkylation sites (N-methyl/N-ethyl adjacent to an activating group) is 1. The van der Waals surface area contributed by atoms with Crippen molar-refractivity contribution in [3.05, 3.63) is 65.2 Å². The Labute approximate surface area is 121 Å². The Kier molecular flexibility index (Phi) is 5.19. The molecule has 0 fully saturated rings. The Hall–Kier alpha value is -1.80. The third-order valence-electron chi connectivity index (χ3n) is 3.59. The molecule has 0 aromatic heterocycles. The van der Waals surface area contributed by atoms with Gasteiger partial charge < -0.3 is 10.4 Å². The van der Waals surface area contributed by atoms with Crippen LogP contribution in [0, 0.1) is 0 Å². The number of phenolic OH excluding ortho intramolecular Hbond substituents is 1. The van der Waals surface area contributed by atoms with Gasteiger partial charge in [0, 0.05) is 6.04 Å². The summed E-state index contributed by atoms with van der Waals surface area (Å²) in [5, 5.41) is 13.1. The Morgan fingerprint density at radius 2 is 1.75 bits per heavy atom. The molecular formula is C18H23NO. The summed E-state index contributed by atoms with van der Waals surface area (Å²) in [6.45, 7) is 5.22. The summed E-state index contributed by atoms with van der Waals surface area (Å²) < 4.78 is 0. The molecule has 1 atom stereocenters. The van der Waals surface area contributed by atoms with E-state index in [0.717, 1.165) is 24.9 Å². The van der Waals surface area contributed by atoms with Gasteiger partial charge in [0.05, 0.1) is 0 Å². The van der Waals surface area contributed by atoms with Crippen molar-refractivity contribution in [2.75, 3.05) is 6.54 Å². The van der Waals surface area contributed by atoms with E-state index in [-0.39, 0.29) is 6.04 Å².